The van der Waals surface area contributed by atoms with Crippen molar-refractivity contribution in [2.75, 3.05) is 0 Å². The number of benzene rings is 1. The average Bonchev–Trinajstić information content (AvgIpc) is 2.58. The van der Waals surface area contributed by atoms with Gasteiger partial charge in [0.1, 0.15) is 0 Å². The molecule has 0 amide bonds. The van der Waals surface area contributed by atoms with E-state index in [0.717, 1.165) is 6.07 Å². The van der Waals surface area contributed by atoms with Gasteiger partial charge in [-0.2, -0.15) is 70.2 Å². The Hall–Kier alpha value is -1.21. The van der Waals surface area contributed by atoms with Gasteiger partial charge in [-0.3, -0.25) is 0 Å². The smallest absolute Gasteiger partial charge is 0.376 e. The Bertz CT molecular complexity index is 858. The van der Waals surface area contributed by atoms with Gasteiger partial charge >= 0.3 is 42.0 Å². The lowest BCUT2D eigenvalue weighted by Crippen LogP contribution is -2.70. The zero-order valence-corrected chi connectivity index (χ0v) is 17.0. The Morgan fingerprint density at radius 2 is 1.03 bits per heavy atom. The van der Waals surface area contributed by atoms with Crippen LogP contribution in [0.2, 0.25) is 0 Å². The number of aliphatic hydroxyl groups is 1. The van der Waals surface area contributed by atoms with Crippen LogP contribution in [-0.2, 0) is 5.60 Å². The first-order chi connectivity index (χ1) is 14.2. The molecule has 0 aliphatic rings. The van der Waals surface area contributed by atoms with Crippen molar-refractivity contribution in [1.82, 2.24) is 0 Å². The molecule has 0 aliphatic heterocycles. The average molecular weight is 634 g/mol. The van der Waals surface area contributed by atoms with E-state index in [1.54, 1.807) is 0 Å². The van der Waals surface area contributed by atoms with E-state index in [1.165, 1.54) is 22.6 Å². The lowest BCUT2D eigenvalue weighted by Gasteiger charge is -2.42. The Labute approximate surface area is 185 Å². The van der Waals surface area contributed by atoms with Gasteiger partial charge in [0, 0.05) is 3.57 Å². The molecule has 1 aromatic carbocycles. The van der Waals surface area contributed by atoms with Crippen LogP contribution in [0.15, 0.2) is 24.3 Å². The molecule has 0 fully saturated rings. The summed E-state index contributed by atoms with van der Waals surface area (Å²) in [7, 11) is 0. The van der Waals surface area contributed by atoms with E-state index in [0.29, 0.717) is 6.07 Å². The van der Waals surface area contributed by atoms with Crippen LogP contribution >= 0.6 is 22.6 Å². The van der Waals surface area contributed by atoms with Crippen LogP contribution < -0.4 is 0 Å². The second kappa shape index (κ2) is 8.18. The van der Waals surface area contributed by atoms with Crippen LogP contribution in [0.3, 0.4) is 0 Å². The van der Waals surface area contributed by atoms with E-state index in [1.807, 2.05) is 0 Å². The Morgan fingerprint density at radius 3 is 1.39 bits per heavy atom. The number of alkyl halides is 16. The SMILES string of the molecule is OC(CC(F)(F)C(F)(F)C(F)(F)C(F)(F)C(F)(F)C(F)(F)F)(c1cccc(I)c1)C(F)(F)F. The summed E-state index contributed by atoms with van der Waals surface area (Å²) in [4.78, 5) is 0. The summed E-state index contributed by atoms with van der Waals surface area (Å²) < 4.78 is 210. The summed E-state index contributed by atoms with van der Waals surface area (Å²) >= 11 is 1.24. The molecule has 0 radical (unpaired) electrons. The minimum absolute atomic E-state index is 0.203. The van der Waals surface area contributed by atoms with Crippen LogP contribution in [0.1, 0.15) is 12.0 Å². The lowest BCUT2D eigenvalue weighted by molar-refractivity contribution is -0.443. The number of rotatable bonds is 7. The molecule has 0 spiro atoms. The van der Waals surface area contributed by atoms with Gasteiger partial charge in [-0.05, 0) is 40.3 Å². The zero-order valence-electron chi connectivity index (χ0n) is 14.9. The first-order valence-corrected chi connectivity index (χ1v) is 8.79. The van der Waals surface area contributed by atoms with Gasteiger partial charge in [-0.15, -0.1) is 0 Å². The maximum atomic E-state index is 14.0. The predicted octanol–water partition coefficient (Wildman–Crippen LogP) is 7.17. The van der Waals surface area contributed by atoms with Crippen molar-refractivity contribution < 1.29 is 75.4 Å². The van der Waals surface area contributed by atoms with Crippen molar-refractivity contribution in [3.05, 3.63) is 33.4 Å². The molecule has 1 aromatic rings. The Morgan fingerprint density at radius 1 is 0.606 bits per heavy atom. The van der Waals surface area contributed by atoms with Crippen molar-refractivity contribution in [2.24, 2.45) is 0 Å². The minimum atomic E-state index is -8.26. The minimum Gasteiger partial charge on any atom is -0.376 e. The topological polar surface area (TPSA) is 20.2 Å². The van der Waals surface area contributed by atoms with E-state index in [9.17, 15) is 75.4 Å². The second-order valence-corrected chi connectivity index (χ2v) is 7.79. The first-order valence-electron chi connectivity index (χ1n) is 7.71. The fraction of sp³-hybridized carbons (Fsp3) is 0.600. The molecule has 0 saturated heterocycles. The van der Waals surface area contributed by atoms with Gasteiger partial charge in [-0.1, -0.05) is 12.1 Å². The van der Waals surface area contributed by atoms with Gasteiger partial charge < -0.3 is 5.11 Å². The van der Waals surface area contributed by atoms with Gasteiger partial charge in [-0.25, -0.2) is 0 Å². The molecule has 1 unspecified atom stereocenters. The van der Waals surface area contributed by atoms with E-state index >= 15 is 0 Å². The highest BCUT2D eigenvalue weighted by Crippen LogP contribution is 2.62. The quantitative estimate of drug-likeness (QED) is 0.249. The molecule has 1 atom stereocenters. The molecule has 18 heteroatoms. The first kappa shape index (κ1) is 29.8. The van der Waals surface area contributed by atoms with Crippen molar-refractivity contribution >= 4 is 22.6 Å². The molecular formula is C15H7F16IO. The van der Waals surface area contributed by atoms with Crippen molar-refractivity contribution in [3.63, 3.8) is 0 Å². The second-order valence-electron chi connectivity index (χ2n) is 6.54. The highest BCUT2D eigenvalue weighted by Gasteiger charge is 2.91. The highest BCUT2D eigenvalue weighted by atomic mass is 127. The maximum Gasteiger partial charge on any atom is 0.460 e. The molecular weight excluding hydrogens is 627 g/mol. The van der Waals surface area contributed by atoms with Crippen LogP contribution in [-0.4, -0.2) is 47.1 Å². The third kappa shape index (κ3) is 4.56. The highest BCUT2D eigenvalue weighted by molar-refractivity contribution is 14.1. The third-order valence-electron chi connectivity index (χ3n) is 4.25. The van der Waals surface area contributed by atoms with Crippen LogP contribution in [0.25, 0.3) is 0 Å². The van der Waals surface area contributed by atoms with Crippen molar-refractivity contribution in [2.45, 2.75) is 54.0 Å². The predicted molar refractivity (Wildman–Crippen MR) is 84.5 cm³/mol. The number of hydrogen-bond donors (Lipinski definition) is 1. The third-order valence-corrected chi connectivity index (χ3v) is 4.92. The van der Waals surface area contributed by atoms with Crippen LogP contribution in [0, 0.1) is 3.57 Å². The van der Waals surface area contributed by atoms with Gasteiger partial charge in [0.05, 0.1) is 6.42 Å². The molecule has 0 bridgehead atoms. The zero-order chi connectivity index (χ0) is 26.7. The monoisotopic (exact) mass is 634 g/mol. The van der Waals surface area contributed by atoms with E-state index in [4.69, 9.17) is 0 Å². The van der Waals surface area contributed by atoms with Gasteiger partial charge in [0.15, 0.2) is 5.60 Å². The summed E-state index contributed by atoms with van der Waals surface area (Å²) in [5, 5.41) is 9.70. The summed E-state index contributed by atoms with van der Waals surface area (Å²) in [5.41, 5.74) is -6.83. The van der Waals surface area contributed by atoms with Gasteiger partial charge in [0.2, 0.25) is 0 Å². The maximum absolute atomic E-state index is 14.0. The molecule has 192 valence electrons. The van der Waals surface area contributed by atoms with Crippen LogP contribution in [0.4, 0.5) is 70.2 Å². The molecule has 0 saturated carbocycles. The fourth-order valence-corrected chi connectivity index (χ4v) is 2.89. The normalized spacial score (nSPS) is 17.2. The molecule has 33 heavy (non-hydrogen) atoms. The lowest BCUT2D eigenvalue weighted by atomic mass is 9.82. The molecule has 1 rings (SSSR count). The van der Waals surface area contributed by atoms with E-state index in [-0.39, 0.29) is 15.7 Å². The standard InChI is InChI=1S/C15H7F16IO/c16-9(17,5-8(33,14(26,27)28)6-2-1-3-7(32)4-6)10(18,19)11(20,21)12(22,23)13(24,25)15(29,30)31/h1-4,33H,5H2. The largest absolute Gasteiger partial charge is 0.460 e. The molecule has 0 aromatic heterocycles. The molecule has 1 N–H and O–H groups in total. The molecule has 1 nitrogen and oxygen atoms in total. The Balaban J connectivity index is 3.67. The van der Waals surface area contributed by atoms with Gasteiger partial charge in [0.25, 0.3) is 0 Å². The molecule has 0 aliphatic carbocycles. The van der Waals surface area contributed by atoms with Crippen molar-refractivity contribution in [3.8, 4) is 0 Å². The Kier molecular flexibility index (Phi) is 7.39. The number of halogens is 17. The summed E-state index contributed by atoms with van der Waals surface area (Å²) in [6.45, 7) is 0. The summed E-state index contributed by atoms with van der Waals surface area (Å²) in [6, 6.07) is 2.10. The summed E-state index contributed by atoms with van der Waals surface area (Å²) in [6.07, 6.45) is -17.9. The van der Waals surface area contributed by atoms with Crippen LogP contribution in [0.5, 0.6) is 0 Å². The van der Waals surface area contributed by atoms with E-state index in [2.05, 4.69) is 0 Å². The van der Waals surface area contributed by atoms with E-state index < -0.39 is 59.6 Å². The summed E-state index contributed by atoms with van der Waals surface area (Å²) in [5.74, 6) is -39.6. The fourth-order valence-electron chi connectivity index (χ4n) is 2.35. The van der Waals surface area contributed by atoms with Crippen molar-refractivity contribution in [1.29, 1.82) is 0 Å². The molecule has 0 heterocycles. The number of hydrogen-bond acceptors (Lipinski definition) is 1.